The Hall–Kier alpha value is -3.01. The summed E-state index contributed by atoms with van der Waals surface area (Å²) in [5.74, 6) is -2.61. The maximum Gasteiger partial charge on any atom is 0.200 e. The number of halogens is 3. The van der Waals surface area contributed by atoms with E-state index in [-0.39, 0.29) is 11.4 Å². The van der Waals surface area contributed by atoms with Gasteiger partial charge in [-0.05, 0) is 65.6 Å². The van der Waals surface area contributed by atoms with E-state index < -0.39 is 17.4 Å². The highest BCUT2D eigenvalue weighted by atomic mass is 19.2. The second-order valence-corrected chi connectivity index (χ2v) is 8.19. The van der Waals surface area contributed by atoms with E-state index in [9.17, 15) is 18.3 Å². The number of aromatic hydroxyl groups is 1. The average Bonchev–Trinajstić information content (AvgIpc) is 2.79. The lowest BCUT2D eigenvalue weighted by atomic mass is 9.84. The van der Waals surface area contributed by atoms with Gasteiger partial charge in [0.2, 0.25) is 5.82 Å². The molecule has 1 nitrogen and oxygen atoms in total. The van der Waals surface area contributed by atoms with E-state index in [1.54, 1.807) is 24.3 Å². The van der Waals surface area contributed by atoms with Crippen molar-refractivity contribution in [2.45, 2.75) is 39.0 Å². The highest BCUT2D eigenvalue weighted by molar-refractivity contribution is 5.74. The molecule has 3 aromatic carbocycles. The van der Waals surface area contributed by atoms with Gasteiger partial charge in [0.1, 0.15) is 5.82 Å². The van der Waals surface area contributed by atoms with Crippen molar-refractivity contribution < 1.29 is 18.3 Å². The highest BCUT2D eigenvalue weighted by Gasteiger charge is 2.18. The number of allylic oxidation sites excluding steroid dienone is 2. The van der Waals surface area contributed by atoms with Crippen LogP contribution in [-0.2, 0) is 0 Å². The van der Waals surface area contributed by atoms with Gasteiger partial charge in [-0.15, -0.1) is 0 Å². The molecule has 0 bridgehead atoms. The number of phenols is 1. The van der Waals surface area contributed by atoms with Gasteiger partial charge in [-0.2, -0.15) is 4.39 Å². The second kappa shape index (κ2) is 9.01. The first-order valence-corrected chi connectivity index (χ1v) is 10.7. The smallest absolute Gasteiger partial charge is 0.200 e. The highest BCUT2D eigenvalue weighted by Crippen LogP contribution is 2.35. The summed E-state index contributed by atoms with van der Waals surface area (Å²) in [6, 6.07) is 14.5. The van der Waals surface area contributed by atoms with Crippen LogP contribution in [0, 0.1) is 23.4 Å². The maximum absolute atomic E-state index is 14.9. The molecule has 0 spiro atoms. The number of hydrogen-bond acceptors (Lipinski definition) is 1. The van der Waals surface area contributed by atoms with Gasteiger partial charge in [0.25, 0.3) is 0 Å². The zero-order valence-electron chi connectivity index (χ0n) is 17.5. The van der Waals surface area contributed by atoms with Crippen molar-refractivity contribution >= 4 is 5.57 Å². The van der Waals surface area contributed by atoms with Crippen molar-refractivity contribution in [3.05, 3.63) is 83.7 Å². The molecule has 3 aromatic rings. The standard InChI is InChI=1S/C27H25F3O/c1-2-3-17-4-6-19(7-5-17)22-13-12-21(16-24(22)28)18-8-10-20(11-9-18)23-14-15-25(31)27(30)26(23)29/h6,8-17,31H,2-5,7H2,1H3. The quantitative estimate of drug-likeness (QED) is 0.440. The molecule has 0 amide bonds. The maximum atomic E-state index is 14.9. The minimum absolute atomic E-state index is 0.0639. The van der Waals surface area contributed by atoms with Crippen LogP contribution in [0.3, 0.4) is 0 Å². The van der Waals surface area contributed by atoms with Gasteiger partial charge in [0.05, 0.1) is 0 Å². The van der Waals surface area contributed by atoms with Gasteiger partial charge < -0.3 is 5.11 Å². The molecule has 4 rings (SSSR count). The predicted octanol–water partition coefficient (Wildman–Crippen LogP) is 8.13. The Labute approximate surface area is 180 Å². The summed E-state index contributed by atoms with van der Waals surface area (Å²) < 4.78 is 42.7. The lowest BCUT2D eigenvalue weighted by Gasteiger charge is -2.22. The normalized spacial score (nSPS) is 16.3. The summed E-state index contributed by atoms with van der Waals surface area (Å²) >= 11 is 0. The van der Waals surface area contributed by atoms with Gasteiger partial charge in [-0.25, -0.2) is 8.78 Å². The fourth-order valence-electron chi connectivity index (χ4n) is 4.36. The Morgan fingerprint density at radius 1 is 0.839 bits per heavy atom. The molecule has 0 saturated carbocycles. The largest absolute Gasteiger partial charge is 0.505 e. The Kier molecular flexibility index (Phi) is 6.17. The van der Waals surface area contributed by atoms with Crippen LogP contribution in [-0.4, -0.2) is 5.11 Å². The molecule has 1 N–H and O–H groups in total. The topological polar surface area (TPSA) is 20.2 Å². The minimum atomic E-state index is -1.27. The Balaban J connectivity index is 1.56. The zero-order valence-corrected chi connectivity index (χ0v) is 17.5. The molecular weight excluding hydrogens is 397 g/mol. The van der Waals surface area contributed by atoms with E-state index in [0.717, 1.165) is 42.0 Å². The predicted molar refractivity (Wildman–Crippen MR) is 119 cm³/mol. The lowest BCUT2D eigenvalue weighted by Crippen LogP contribution is -2.05. The van der Waals surface area contributed by atoms with E-state index in [0.29, 0.717) is 17.0 Å². The van der Waals surface area contributed by atoms with Gasteiger partial charge >= 0.3 is 0 Å². The van der Waals surface area contributed by atoms with Crippen LogP contribution < -0.4 is 0 Å². The Bertz CT molecular complexity index is 1120. The van der Waals surface area contributed by atoms with E-state index in [1.807, 2.05) is 12.1 Å². The average molecular weight is 422 g/mol. The molecule has 0 radical (unpaired) electrons. The lowest BCUT2D eigenvalue weighted by molar-refractivity contribution is 0.408. The number of rotatable bonds is 5. The van der Waals surface area contributed by atoms with Crippen molar-refractivity contribution in [2.75, 3.05) is 0 Å². The van der Waals surface area contributed by atoms with Gasteiger partial charge in [0.15, 0.2) is 11.6 Å². The summed E-state index contributed by atoms with van der Waals surface area (Å²) in [6.07, 6.45) is 7.62. The molecule has 0 aromatic heterocycles. The fraction of sp³-hybridized carbons (Fsp3) is 0.259. The number of benzene rings is 3. The summed E-state index contributed by atoms with van der Waals surface area (Å²) in [6.45, 7) is 2.20. The molecule has 0 fully saturated rings. The zero-order chi connectivity index (χ0) is 22.0. The van der Waals surface area contributed by atoms with Gasteiger partial charge in [-0.3, -0.25) is 0 Å². The molecule has 0 saturated heterocycles. The van der Waals surface area contributed by atoms with Crippen LogP contribution in [0.5, 0.6) is 5.75 Å². The third kappa shape index (κ3) is 4.39. The Morgan fingerprint density at radius 3 is 2.16 bits per heavy atom. The van der Waals surface area contributed by atoms with Crippen molar-refractivity contribution in [3.8, 4) is 28.0 Å². The monoisotopic (exact) mass is 422 g/mol. The van der Waals surface area contributed by atoms with Crippen molar-refractivity contribution in [1.29, 1.82) is 0 Å². The van der Waals surface area contributed by atoms with Crippen LogP contribution in [0.25, 0.3) is 27.8 Å². The van der Waals surface area contributed by atoms with Crippen molar-refractivity contribution in [1.82, 2.24) is 0 Å². The summed E-state index contributed by atoms with van der Waals surface area (Å²) in [5, 5.41) is 9.29. The molecule has 1 aliphatic rings. The van der Waals surface area contributed by atoms with Crippen LogP contribution >= 0.6 is 0 Å². The second-order valence-electron chi connectivity index (χ2n) is 8.19. The first-order chi connectivity index (χ1) is 15.0. The first kappa shape index (κ1) is 21.2. The Morgan fingerprint density at radius 2 is 1.52 bits per heavy atom. The SMILES string of the molecule is CCCC1CC=C(c2ccc(-c3ccc(-c4ccc(O)c(F)c4F)cc3)cc2F)CC1. The van der Waals surface area contributed by atoms with E-state index in [2.05, 4.69) is 13.0 Å². The van der Waals surface area contributed by atoms with E-state index in [4.69, 9.17) is 0 Å². The van der Waals surface area contributed by atoms with Crippen LogP contribution in [0.2, 0.25) is 0 Å². The van der Waals surface area contributed by atoms with Crippen molar-refractivity contribution in [2.24, 2.45) is 5.92 Å². The van der Waals surface area contributed by atoms with Gasteiger partial charge in [-0.1, -0.05) is 62.2 Å². The molecule has 1 aliphatic carbocycles. The minimum Gasteiger partial charge on any atom is -0.505 e. The molecule has 160 valence electrons. The first-order valence-electron chi connectivity index (χ1n) is 10.7. The molecule has 1 atom stereocenters. The molecular formula is C27H25F3O. The van der Waals surface area contributed by atoms with Crippen LogP contribution in [0.15, 0.2) is 60.7 Å². The molecule has 1 unspecified atom stereocenters. The number of phenolic OH excluding ortho intramolecular Hbond substituents is 1. The third-order valence-corrected chi connectivity index (χ3v) is 6.12. The van der Waals surface area contributed by atoms with E-state index >= 15 is 0 Å². The molecule has 0 heterocycles. The molecule has 0 aliphatic heterocycles. The van der Waals surface area contributed by atoms with Gasteiger partial charge in [0, 0.05) is 11.1 Å². The van der Waals surface area contributed by atoms with Crippen molar-refractivity contribution in [3.63, 3.8) is 0 Å². The number of hydrogen-bond donors (Lipinski definition) is 1. The molecule has 31 heavy (non-hydrogen) atoms. The van der Waals surface area contributed by atoms with E-state index in [1.165, 1.54) is 25.0 Å². The summed E-state index contributed by atoms with van der Waals surface area (Å²) in [5.41, 5.74) is 3.80. The van der Waals surface area contributed by atoms with Crippen LogP contribution in [0.1, 0.15) is 44.6 Å². The molecule has 4 heteroatoms. The third-order valence-electron chi connectivity index (χ3n) is 6.12. The fourth-order valence-corrected chi connectivity index (χ4v) is 4.36. The van der Waals surface area contributed by atoms with Crippen LogP contribution in [0.4, 0.5) is 13.2 Å². The summed E-state index contributed by atoms with van der Waals surface area (Å²) in [7, 11) is 0. The summed E-state index contributed by atoms with van der Waals surface area (Å²) in [4.78, 5) is 0.